The predicted molar refractivity (Wildman–Crippen MR) is 234 cm³/mol. The van der Waals surface area contributed by atoms with Crippen LogP contribution in [0.25, 0.3) is 32.8 Å². The van der Waals surface area contributed by atoms with Gasteiger partial charge in [0.05, 0.1) is 22.1 Å². The lowest BCUT2D eigenvalue weighted by Crippen LogP contribution is -2.30. The first kappa shape index (κ1) is 47.1. The van der Waals surface area contributed by atoms with E-state index in [1.165, 1.54) is 8.80 Å². The van der Waals surface area contributed by atoms with Gasteiger partial charge in [-0.1, -0.05) is 24.3 Å². The Labute approximate surface area is 362 Å². The average Bonchev–Trinajstić information content (AvgIpc) is 3.58. The van der Waals surface area contributed by atoms with Crippen molar-refractivity contribution in [1.29, 1.82) is 0 Å². The van der Waals surface area contributed by atoms with Crippen molar-refractivity contribution >= 4 is 68.7 Å². The minimum absolute atomic E-state index is 0.0590. The Kier molecular flexibility index (Phi) is 11.8. The third kappa shape index (κ3) is 10.1. The third-order valence-electron chi connectivity index (χ3n) is 8.51. The molecule has 5 aromatic rings. The maximum absolute atomic E-state index is 14.8. The smallest absolute Gasteiger partial charge is 0.356 e. The van der Waals surface area contributed by atoms with E-state index in [1.807, 2.05) is 0 Å². The molecular formula is C48H60N2O12. The van der Waals surface area contributed by atoms with Crippen molar-refractivity contribution in [2.75, 3.05) is 0 Å². The number of esters is 6. The van der Waals surface area contributed by atoms with Crippen LogP contribution in [0.4, 0.5) is 0 Å². The number of carbonyl (C=O) groups is 6. The number of carbonyl (C=O) groups excluding carboxylic acids is 6. The predicted octanol–water partition coefficient (Wildman–Crippen LogP) is 10.2. The SMILES string of the molecule is CC(C)(C)OC(=O)c1c(C(=O)OC(C)(C)C)c2ccc3ccc4ccc5c(C(=O)OC(C)(C)C)c(C(=O)OC(C)(C)C)c(C(=O)OC(C)(C)C)n5c4c3n2c1C(=O)OC(C)(C)C. The number of fused-ring (bicyclic) bond motifs is 7. The van der Waals surface area contributed by atoms with Crippen molar-refractivity contribution in [1.82, 2.24) is 8.80 Å². The van der Waals surface area contributed by atoms with Gasteiger partial charge in [0.1, 0.15) is 67.2 Å². The number of hydrogen-bond donors (Lipinski definition) is 0. The van der Waals surface area contributed by atoms with E-state index in [2.05, 4.69) is 0 Å². The van der Waals surface area contributed by atoms with E-state index in [9.17, 15) is 28.8 Å². The van der Waals surface area contributed by atoms with E-state index in [0.29, 0.717) is 10.8 Å². The second-order valence-electron chi connectivity index (χ2n) is 21.3. The van der Waals surface area contributed by atoms with Crippen LogP contribution in [0, 0.1) is 0 Å². The molecule has 334 valence electrons. The minimum Gasteiger partial charge on any atom is -0.456 e. The van der Waals surface area contributed by atoms with Gasteiger partial charge < -0.3 is 28.4 Å². The van der Waals surface area contributed by atoms with Gasteiger partial charge in [0.2, 0.25) is 0 Å². The summed E-state index contributed by atoms with van der Waals surface area (Å²) in [5, 5.41) is 0.899. The van der Waals surface area contributed by atoms with Gasteiger partial charge in [-0.25, -0.2) is 28.8 Å². The van der Waals surface area contributed by atoms with Crippen LogP contribution in [0.3, 0.4) is 0 Å². The highest BCUT2D eigenvalue weighted by molar-refractivity contribution is 6.20. The van der Waals surface area contributed by atoms with E-state index in [4.69, 9.17) is 28.4 Å². The molecule has 0 unspecified atom stereocenters. The molecule has 0 spiro atoms. The van der Waals surface area contributed by atoms with Gasteiger partial charge in [-0.2, -0.15) is 0 Å². The van der Waals surface area contributed by atoms with Gasteiger partial charge in [0.25, 0.3) is 0 Å². The van der Waals surface area contributed by atoms with Gasteiger partial charge in [0.15, 0.2) is 0 Å². The molecule has 62 heavy (non-hydrogen) atoms. The molecule has 0 fully saturated rings. The van der Waals surface area contributed by atoms with Gasteiger partial charge in [-0.15, -0.1) is 0 Å². The molecule has 0 aliphatic rings. The number of pyridine rings is 2. The zero-order chi connectivity index (χ0) is 47.0. The van der Waals surface area contributed by atoms with Crippen LogP contribution in [-0.4, -0.2) is 78.2 Å². The Morgan fingerprint density at radius 2 is 0.532 bits per heavy atom. The van der Waals surface area contributed by atoms with Crippen molar-refractivity contribution in [3.63, 3.8) is 0 Å². The molecule has 0 amide bonds. The molecule has 0 N–H and O–H groups in total. The molecule has 0 bridgehead atoms. The Morgan fingerprint density at radius 1 is 0.323 bits per heavy atom. The normalized spacial score (nSPS) is 13.1. The molecule has 14 nitrogen and oxygen atoms in total. The molecule has 4 heterocycles. The van der Waals surface area contributed by atoms with Crippen molar-refractivity contribution in [3.05, 3.63) is 70.0 Å². The zero-order valence-electron chi connectivity index (χ0n) is 39.3. The first-order valence-corrected chi connectivity index (χ1v) is 20.5. The molecule has 1 aromatic carbocycles. The molecule has 14 heteroatoms. The molecule has 0 radical (unpaired) electrons. The summed E-state index contributed by atoms with van der Waals surface area (Å²) in [4.78, 5) is 87.4. The molecule has 0 aliphatic heterocycles. The van der Waals surface area contributed by atoms with Crippen LogP contribution in [0.2, 0.25) is 0 Å². The lowest BCUT2D eigenvalue weighted by atomic mass is 10.1. The summed E-state index contributed by atoms with van der Waals surface area (Å²) in [6, 6.07) is 9.99. The highest BCUT2D eigenvalue weighted by atomic mass is 16.6. The molecule has 0 saturated heterocycles. The Hall–Kier alpha value is -5.92. The monoisotopic (exact) mass is 856 g/mol. The lowest BCUT2D eigenvalue weighted by molar-refractivity contribution is -0.000169. The third-order valence-corrected chi connectivity index (χ3v) is 8.51. The maximum Gasteiger partial charge on any atom is 0.356 e. The molecule has 0 saturated carbocycles. The Balaban J connectivity index is 2.20. The van der Waals surface area contributed by atoms with Crippen LogP contribution in [-0.2, 0) is 28.4 Å². The summed E-state index contributed by atoms with van der Waals surface area (Å²) >= 11 is 0. The number of aromatic nitrogens is 2. The summed E-state index contributed by atoms with van der Waals surface area (Å²) in [5.74, 6) is -5.82. The summed E-state index contributed by atoms with van der Waals surface area (Å²) in [5.41, 5.74) is -8.05. The van der Waals surface area contributed by atoms with Crippen molar-refractivity contribution in [3.8, 4) is 0 Å². The zero-order valence-corrected chi connectivity index (χ0v) is 39.3. The highest BCUT2D eigenvalue weighted by Gasteiger charge is 2.41. The molecule has 5 rings (SSSR count). The van der Waals surface area contributed by atoms with Crippen molar-refractivity contribution in [2.45, 2.75) is 158 Å². The standard InChI is InChI=1S/C48H60N2O12/c1-43(2,3)57-37(51)29-27-23-21-25-19-20-26-22-24-28-30(38(52)58-44(4,5)6)32(40(54)60-46(10,11)12)36(42(56)62-48(16,17)18)50(28)34(26)33(25)49(27)35(41(55)61-47(13,14)15)31(29)39(53)59-45(7,8)9/h19-24H,1-18H3. The molecule has 4 aromatic heterocycles. The van der Waals surface area contributed by atoms with Crippen molar-refractivity contribution in [2.24, 2.45) is 0 Å². The average molecular weight is 857 g/mol. The lowest BCUT2D eigenvalue weighted by Gasteiger charge is -2.23. The minimum atomic E-state index is -1.09. The number of benzene rings is 1. The quantitative estimate of drug-likeness (QED) is 0.0902. The summed E-state index contributed by atoms with van der Waals surface area (Å²) < 4.78 is 38.3. The van der Waals surface area contributed by atoms with Crippen LogP contribution in [0.1, 0.15) is 187 Å². The Bertz CT molecular complexity index is 2500. The molecule has 0 atom stereocenters. The van der Waals surface area contributed by atoms with Crippen molar-refractivity contribution < 1.29 is 57.2 Å². The van der Waals surface area contributed by atoms with E-state index in [1.54, 1.807) is 161 Å². The molecular weight excluding hydrogens is 797 g/mol. The first-order valence-electron chi connectivity index (χ1n) is 20.5. The van der Waals surface area contributed by atoms with Gasteiger partial charge in [0, 0.05) is 10.8 Å². The van der Waals surface area contributed by atoms with Gasteiger partial charge in [-0.05, 0) is 137 Å². The fraction of sp³-hybridized carbons (Fsp3) is 0.500. The topological polar surface area (TPSA) is 167 Å². The van der Waals surface area contributed by atoms with Gasteiger partial charge in [-0.3, -0.25) is 8.80 Å². The van der Waals surface area contributed by atoms with E-state index < -0.39 is 80.5 Å². The van der Waals surface area contributed by atoms with E-state index in [0.717, 1.165) is 0 Å². The van der Waals surface area contributed by atoms with Crippen LogP contribution >= 0.6 is 0 Å². The summed E-state index contributed by atoms with van der Waals surface area (Å²) in [7, 11) is 0. The number of nitrogens with zero attached hydrogens (tertiary/aromatic N) is 2. The second-order valence-corrected chi connectivity index (χ2v) is 21.3. The number of rotatable bonds is 6. The van der Waals surface area contributed by atoms with E-state index in [-0.39, 0.29) is 44.6 Å². The highest BCUT2D eigenvalue weighted by Crippen LogP contribution is 2.39. The fourth-order valence-corrected chi connectivity index (χ4v) is 6.82. The first-order chi connectivity index (χ1) is 28.0. The second kappa shape index (κ2) is 15.5. The number of hydrogen-bond acceptors (Lipinski definition) is 12. The number of ether oxygens (including phenoxy) is 6. The fourth-order valence-electron chi connectivity index (χ4n) is 6.82. The maximum atomic E-state index is 14.8. The summed E-state index contributed by atoms with van der Waals surface area (Å²) in [6.07, 6.45) is 0. The van der Waals surface area contributed by atoms with E-state index >= 15 is 0 Å². The van der Waals surface area contributed by atoms with Gasteiger partial charge >= 0.3 is 35.8 Å². The van der Waals surface area contributed by atoms with Crippen LogP contribution in [0.15, 0.2) is 36.4 Å². The molecule has 0 aliphatic carbocycles. The van der Waals surface area contributed by atoms with Crippen LogP contribution < -0.4 is 0 Å². The Morgan fingerprint density at radius 3 is 0.774 bits per heavy atom. The summed E-state index contributed by atoms with van der Waals surface area (Å²) in [6.45, 7) is 29.8. The largest absolute Gasteiger partial charge is 0.456 e. The van der Waals surface area contributed by atoms with Crippen LogP contribution in [0.5, 0.6) is 0 Å².